The van der Waals surface area contributed by atoms with Gasteiger partial charge in [0.15, 0.2) is 0 Å². The summed E-state index contributed by atoms with van der Waals surface area (Å²) < 4.78 is 0. The fourth-order valence-corrected chi connectivity index (χ4v) is 1.70. The first-order valence-electron chi connectivity index (χ1n) is 5.79. The van der Waals surface area contributed by atoms with Crippen molar-refractivity contribution in [3.05, 3.63) is 28.8 Å². The Hall–Kier alpha value is -1.71. The van der Waals surface area contributed by atoms with Gasteiger partial charge in [0.05, 0.1) is 16.7 Å². The Morgan fingerprint density at radius 1 is 1.33 bits per heavy atom. The molecule has 0 saturated heterocycles. The minimum atomic E-state index is 0.0438. The molecule has 1 N–H and O–H groups in total. The van der Waals surface area contributed by atoms with Crippen LogP contribution >= 0.6 is 11.6 Å². The second-order valence-corrected chi connectivity index (χ2v) is 5.39. The van der Waals surface area contributed by atoms with E-state index in [0.717, 1.165) is 18.7 Å². The zero-order chi connectivity index (χ0) is 13.6. The highest BCUT2D eigenvalue weighted by Crippen LogP contribution is 2.24. The highest BCUT2D eigenvalue weighted by Gasteiger charge is 2.17. The van der Waals surface area contributed by atoms with Crippen LogP contribution < -0.4 is 5.32 Å². The Bertz CT molecular complexity index is 495. The SMILES string of the molecule is CC(C)(CCC#N)CNc1ccc(Cl)c(C#N)c1. The van der Waals surface area contributed by atoms with Crippen LogP contribution in [0.4, 0.5) is 5.69 Å². The van der Waals surface area contributed by atoms with Crippen LogP contribution in [0.2, 0.25) is 5.02 Å². The van der Waals surface area contributed by atoms with E-state index in [-0.39, 0.29) is 5.41 Å². The van der Waals surface area contributed by atoms with Gasteiger partial charge in [0.25, 0.3) is 0 Å². The van der Waals surface area contributed by atoms with Gasteiger partial charge in [-0.25, -0.2) is 0 Å². The normalized spacial score (nSPS) is 10.5. The third-order valence-corrected chi connectivity index (χ3v) is 3.10. The largest absolute Gasteiger partial charge is 0.384 e. The standard InChI is InChI=1S/C14H16ClN3/c1-14(2,6-3-7-16)10-18-12-4-5-13(15)11(8-12)9-17/h4-5,8,18H,3,6,10H2,1-2H3. The van der Waals surface area contributed by atoms with Crippen molar-refractivity contribution < 1.29 is 0 Å². The topological polar surface area (TPSA) is 59.6 Å². The Morgan fingerprint density at radius 2 is 2.06 bits per heavy atom. The number of anilines is 1. The maximum absolute atomic E-state index is 8.89. The van der Waals surface area contributed by atoms with Gasteiger partial charge in [0.1, 0.15) is 6.07 Å². The van der Waals surface area contributed by atoms with Crippen LogP contribution in [-0.4, -0.2) is 6.54 Å². The number of nitriles is 2. The van der Waals surface area contributed by atoms with Gasteiger partial charge in [-0.2, -0.15) is 10.5 Å². The average Bonchev–Trinajstić information content (AvgIpc) is 2.35. The lowest BCUT2D eigenvalue weighted by Crippen LogP contribution is -2.22. The van der Waals surface area contributed by atoms with Crippen LogP contribution in [0.5, 0.6) is 0 Å². The van der Waals surface area contributed by atoms with Gasteiger partial charge in [0.2, 0.25) is 0 Å². The van der Waals surface area contributed by atoms with E-state index in [2.05, 4.69) is 31.3 Å². The summed E-state index contributed by atoms with van der Waals surface area (Å²) in [6.07, 6.45) is 1.40. The molecule has 1 aromatic carbocycles. The molecule has 18 heavy (non-hydrogen) atoms. The summed E-state index contributed by atoms with van der Waals surface area (Å²) in [5.74, 6) is 0. The van der Waals surface area contributed by atoms with Crippen molar-refractivity contribution in [1.82, 2.24) is 0 Å². The van der Waals surface area contributed by atoms with E-state index in [0.29, 0.717) is 17.0 Å². The molecule has 0 fully saturated rings. The maximum atomic E-state index is 8.89. The second kappa shape index (κ2) is 6.28. The minimum Gasteiger partial charge on any atom is -0.384 e. The number of rotatable bonds is 5. The molecule has 94 valence electrons. The summed E-state index contributed by atoms with van der Waals surface area (Å²) in [6.45, 7) is 4.97. The molecule has 0 radical (unpaired) electrons. The molecule has 1 rings (SSSR count). The van der Waals surface area contributed by atoms with Gasteiger partial charge in [0, 0.05) is 18.7 Å². The number of halogens is 1. The molecule has 0 spiro atoms. The molecule has 0 heterocycles. The fraction of sp³-hybridized carbons (Fsp3) is 0.429. The Labute approximate surface area is 113 Å². The van der Waals surface area contributed by atoms with Gasteiger partial charge in [-0.3, -0.25) is 0 Å². The summed E-state index contributed by atoms with van der Waals surface area (Å²) in [5, 5.41) is 21.2. The van der Waals surface area contributed by atoms with E-state index in [1.807, 2.05) is 6.07 Å². The Kier molecular flexibility index (Phi) is 5.01. The van der Waals surface area contributed by atoms with Gasteiger partial charge in [-0.15, -0.1) is 0 Å². The highest BCUT2D eigenvalue weighted by atomic mass is 35.5. The molecular formula is C14H16ClN3. The lowest BCUT2D eigenvalue weighted by Gasteiger charge is -2.24. The van der Waals surface area contributed by atoms with E-state index in [9.17, 15) is 0 Å². The molecule has 0 saturated carbocycles. The van der Waals surface area contributed by atoms with Crippen molar-refractivity contribution in [3.8, 4) is 12.1 Å². The summed E-state index contributed by atoms with van der Waals surface area (Å²) in [7, 11) is 0. The predicted octanol–water partition coefficient (Wildman–Crippen LogP) is 3.95. The van der Waals surface area contributed by atoms with Crippen molar-refractivity contribution in [2.24, 2.45) is 5.41 Å². The van der Waals surface area contributed by atoms with Crippen molar-refractivity contribution in [1.29, 1.82) is 10.5 Å². The summed E-state index contributed by atoms with van der Waals surface area (Å²) >= 11 is 5.87. The van der Waals surface area contributed by atoms with Gasteiger partial charge >= 0.3 is 0 Å². The molecule has 4 heteroatoms. The van der Waals surface area contributed by atoms with Gasteiger partial charge in [-0.1, -0.05) is 25.4 Å². The lowest BCUT2D eigenvalue weighted by molar-refractivity contribution is 0.364. The number of nitrogens with one attached hydrogen (secondary N) is 1. The van der Waals surface area contributed by atoms with Crippen LogP contribution in [0, 0.1) is 28.1 Å². The molecule has 0 aromatic heterocycles. The molecule has 0 amide bonds. The third kappa shape index (κ3) is 4.28. The predicted molar refractivity (Wildman–Crippen MR) is 73.3 cm³/mol. The molecular weight excluding hydrogens is 246 g/mol. The molecule has 3 nitrogen and oxygen atoms in total. The summed E-state index contributed by atoms with van der Waals surface area (Å²) in [6, 6.07) is 9.51. The molecule has 0 aliphatic carbocycles. The number of benzene rings is 1. The summed E-state index contributed by atoms with van der Waals surface area (Å²) in [4.78, 5) is 0. The highest BCUT2D eigenvalue weighted by molar-refractivity contribution is 6.31. The number of hydrogen-bond acceptors (Lipinski definition) is 3. The van der Waals surface area contributed by atoms with Crippen LogP contribution in [0.25, 0.3) is 0 Å². The first kappa shape index (κ1) is 14.4. The van der Waals surface area contributed by atoms with E-state index in [4.69, 9.17) is 22.1 Å². The molecule has 0 unspecified atom stereocenters. The first-order chi connectivity index (χ1) is 8.48. The zero-order valence-electron chi connectivity index (χ0n) is 10.6. The van der Waals surface area contributed by atoms with Crippen molar-refractivity contribution in [3.63, 3.8) is 0 Å². The van der Waals surface area contributed by atoms with E-state index >= 15 is 0 Å². The van der Waals surface area contributed by atoms with E-state index < -0.39 is 0 Å². The van der Waals surface area contributed by atoms with Crippen molar-refractivity contribution >= 4 is 17.3 Å². The number of nitrogens with zero attached hydrogens (tertiary/aromatic N) is 2. The molecule has 0 aliphatic heterocycles. The Morgan fingerprint density at radius 3 is 2.67 bits per heavy atom. The smallest absolute Gasteiger partial charge is 0.101 e. The van der Waals surface area contributed by atoms with Crippen LogP contribution in [0.3, 0.4) is 0 Å². The molecule has 0 atom stereocenters. The van der Waals surface area contributed by atoms with Crippen LogP contribution in [0.1, 0.15) is 32.3 Å². The molecule has 0 aliphatic rings. The fourth-order valence-electron chi connectivity index (χ4n) is 1.54. The second-order valence-electron chi connectivity index (χ2n) is 4.98. The Balaban J connectivity index is 2.64. The molecule has 0 bridgehead atoms. The monoisotopic (exact) mass is 261 g/mol. The van der Waals surface area contributed by atoms with Gasteiger partial charge < -0.3 is 5.32 Å². The third-order valence-electron chi connectivity index (χ3n) is 2.77. The zero-order valence-corrected chi connectivity index (χ0v) is 11.4. The van der Waals surface area contributed by atoms with Crippen molar-refractivity contribution in [2.45, 2.75) is 26.7 Å². The minimum absolute atomic E-state index is 0.0438. The van der Waals surface area contributed by atoms with Crippen LogP contribution in [0.15, 0.2) is 18.2 Å². The maximum Gasteiger partial charge on any atom is 0.101 e. The number of hydrogen-bond donors (Lipinski definition) is 1. The lowest BCUT2D eigenvalue weighted by atomic mass is 9.88. The van der Waals surface area contributed by atoms with Crippen LogP contribution in [-0.2, 0) is 0 Å². The summed E-state index contributed by atoms with van der Waals surface area (Å²) in [5.41, 5.74) is 1.39. The quantitative estimate of drug-likeness (QED) is 0.873. The molecule has 1 aromatic rings. The van der Waals surface area contributed by atoms with Gasteiger partial charge in [-0.05, 0) is 30.0 Å². The first-order valence-corrected chi connectivity index (χ1v) is 6.17. The average molecular weight is 262 g/mol. The van der Waals surface area contributed by atoms with E-state index in [1.165, 1.54) is 0 Å². The van der Waals surface area contributed by atoms with E-state index in [1.54, 1.807) is 12.1 Å². The van der Waals surface area contributed by atoms with Crippen molar-refractivity contribution in [2.75, 3.05) is 11.9 Å².